The van der Waals surface area contributed by atoms with Crippen LogP contribution in [0, 0.1) is 17.8 Å². The summed E-state index contributed by atoms with van der Waals surface area (Å²) in [5.41, 5.74) is 3.80. The maximum Gasteiger partial charge on any atom is 0.508 e. The van der Waals surface area contributed by atoms with E-state index in [2.05, 4.69) is 12.0 Å². The van der Waals surface area contributed by atoms with E-state index < -0.39 is 38.1 Å². The maximum atomic E-state index is 13.6. The van der Waals surface area contributed by atoms with E-state index in [1.807, 2.05) is 57.2 Å². The van der Waals surface area contributed by atoms with Gasteiger partial charge in [0.1, 0.15) is 18.0 Å². The highest BCUT2D eigenvalue weighted by Crippen LogP contribution is 2.35. The number of ether oxygens (including phenoxy) is 1. The van der Waals surface area contributed by atoms with Crippen LogP contribution >= 0.6 is 8.03 Å². The zero-order valence-corrected chi connectivity index (χ0v) is 20.6. The zero-order valence-electron chi connectivity index (χ0n) is 19.7. The van der Waals surface area contributed by atoms with E-state index in [9.17, 15) is 18.9 Å². The number of aliphatic hydroxyl groups excluding tert-OH is 1. The molecule has 180 valence electrons. The lowest BCUT2D eigenvalue weighted by atomic mass is 9.84. The fraction of sp³-hybridized carbons (Fsp3) is 0.259. The molecule has 0 fully saturated rings. The molecule has 0 aliphatic heterocycles. The van der Waals surface area contributed by atoms with Gasteiger partial charge in [0.2, 0.25) is 6.16 Å². The van der Waals surface area contributed by atoms with E-state index in [0.29, 0.717) is 22.4 Å². The third-order valence-corrected chi connectivity index (χ3v) is 5.80. The second-order valence-electron chi connectivity index (χ2n) is 9.00. The number of rotatable bonds is 6. The first-order valence-electron chi connectivity index (χ1n) is 10.9. The topological polar surface area (TPSA) is 96.7 Å². The fourth-order valence-electron chi connectivity index (χ4n) is 3.44. The predicted molar refractivity (Wildman–Crippen MR) is 132 cm³/mol. The Balaban J connectivity index is 2.09. The van der Waals surface area contributed by atoms with Gasteiger partial charge < -0.3 is 9.84 Å². The minimum absolute atomic E-state index is 0.369. The van der Waals surface area contributed by atoms with Gasteiger partial charge in [-0.2, -0.15) is 4.89 Å². The number of carbonyl (C=O) groups excluding carboxylic acids is 1. The highest BCUT2D eigenvalue weighted by Gasteiger charge is 2.25. The number of aliphatic hydroxyl groups is 1. The van der Waals surface area contributed by atoms with Crippen LogP contribution in [0.4, 0.5) is 4.39 Å². The summed E-state index contributed by atoms with van der Waals surface area (Å²) >= 11 is 0. The number of carbonyl (C=O) groups is 1. The Kier molecular flexibility index (Phi) is 8.48. The second kappa shape index (κ2) is 11.3. The minimum Gasteiger partial charge on any atom is -0.388 e. The lowest BCUT2D eigenvalue weighted by Gasteiger charge is -2.23. The van der Waals surface area contributed by atoms with Gasteiger partial charge in [-0.25, -0.2) is 4.39 Å². The van der Waals surface area contributed by atoms with Crippen molar-refractivity contribution in [3.63, 3.8) is 0 Å². The molecule has 0 saturated heterocycles. The number of hydrogen-bond donors (Lipinski definition) is 2. The first kappa shape index (κ1) is 26.2. The van der Waals surface area contributed by atoms with E-state index in [-0.39, 0.29) is 5.82 Å². The largest absolute Gasteiger partial charge is 0.508 e. The van der Waals surface area contributed by atoms with Crippen molar-refractivity contribution < 1.29 is 28.5 Å². The molecule has 0 radical (unpaired) electrons. The van der Waals surface area contributed by atoms with Crippen molar-refractivity contribution in [2.75, 3.05) is 6.16 Å². The first-order chi connectivity index (χ1) is 16.5. The molecule has 0 bridgehead atoms. The van der Waals surface area contributed by atoms with Crippen LogP contribution in [0.1, 0.15) is 38.4 Å². The average molecular weight is 494 g/mol. The second-order valence-corrected chi connectivity index (χ2v) is 10.1. The number of aromatic nitrogens is 1. The monoisotopic (exact) mass is 494 g/mol. The molecule has 0 aliphatic carbocycles. The molecule has 0 aliphatic rings. The quantitative estimate of drug-likeness (QED) is 0.278. The predicted octanol–water partition coefficient (Wildman–Crippen LogP) is 5.19. The summed E-state index contributed by atoms with van der Waals surface area (Å²) < 4.78 is 29.4. The van der Waals surface area contributed by atoms with E-state index in [1.165, 1.54) is 12.1 Å². The van der Waals surface area contributed by atoms with Gasteiger partial charge in [0.15, 0.2) is 0 Å². The van der Waals surface area contributed by atoms with Gasteiger partial charge in [-0.05, 0) is 34.2 Å². The molecule has 0 spiro atoms. The van der Waals surface area contributed by atoms with Crippen LogP contribution in [0.25, 0.3) is 22.4 Å². The number of pyridine rings is 1. The first-order valence-corrected chi connectivity index (χ1v) is 12.3. The molecule has 2 aromatic carbocycles. The molecule has 0 saturated carbocycles. The van der Waals surface area contributed by atoms with E-state index in [0.717, 1.165) is 11.3 Å². The van der Waals surface area contributed by atoms with Crippen molar-refractivity contribution in [2.45, 2.75) is 38.7 Å². The Morgan fingerprint density at radius 2 is 1.77 bits per heavy atom. The van der Waals surface area contributed by atoms with Crippen LogP contribution in [0.5, 0.6) is 0 Å². The highest BCUT2D eigenvalue weighted by molar-refractivity contribution is 7.38. The molecule has 3 aromatic rings. The summed E-state index contributed by atoms with van der Waals surface area (Å²) in [5, 5.41) is 9.68. The minimum atomic E-state index is -2.57. The van der Waals surface area contributed by atoms with E-state index in [4.69, 9.17) is 14.6 Å². The standard InChI is InChI=1S/C27H25FNO5P/c1-27(2,3)26-22(13-14-34-25(31)15-21(30)17-35(32)33)23(18-9-11-20(28)12-10-18)16-24(29-26)19-7-5-4-6-8-19/h4-12,16,21,30H,15,17H2,1-3H3/p+1. The summed E-state index contributed by atoms with van der Waals surface area (Å²) in [6.45, 7) is 5.96. The van der Waals surface area contributed by atoms with Crippen molar-refractivity contribution in [3.8, 4) is 34.4 Å². The van der Waals surface area contributed by atoms with Crippen LogP contribution in [0.2, 0.25) is 0 Å². The van der Waals surface area contributed by atoms with Crippen LogP contribution in [0.15, 0.2) is 60.7 Å². The molecule has 2 atom stereocenters. The third-order valence-electron chi connectivity index (χ3n) is 5.06. The average Bonchev–Trinajstić information content (AvgIpc) is 2.79. The summed E-state index contributed by atoms with van der Waals surface area (Å²) in [6.07, 6.45) is 0.207. The van der Waals surface area contributed by atoms with E-state index >= 15 is 0 Å². The van der Waals surface area contributed by atoms with Gasteiger partial charge in [-0.1, -0.05) is 63.2 Å². The van der Waals surface area contributed by atoms with Crippen LogP contribution in [0.3, 0.4) is 0 Å². The van der Waals surface area contributed by atoms with Gasteiger partial charge in [-0.15, -0.1) is 0 Å². The van der Waals surface area contributed by atoms with Gasteiger partial charge in [0, 0.05) is 16.5 Å². The Bertz CT molecular complexity index is 1280. The zero-order chi connectivity index (χ0) is 25.6. The SMILES string of the molecule is CC(C)(C)c1nc(-c2ccccc2)cc(-c2ccc(F)cc2)c1C#COC(=O)CC(O)C[P+](=O)O. The van der Waals surface area contributed by atoms with Crippen molar-refractivity contribution in [1.82, 2.24) is 4.98 Å². The van der Waals surface area contributed by atoms with Gasteiger partial charge >= 0.3 is 14.0 Å². The summed E-state index contributed by atoms with van der Waals surface area (Å²) in [4.78, 5) is 25.8. The molecule has 3 rings (SSSR count). The number of halogens is 1. The molecule has 1 aromatic heterocycles. The summed E-state index contributed by atoms with van der Waals surface area (Å²) in [5.74, 6) is 1.70. The number of benzene rings is 2. The van der Waals surface area contributed by atoms with Crippen molar-refractivity contribution in [3.05, 3.63) is 77.7 Å². The van der Waals surface area contributed by atoms with Crippen molar-refractivity contribution in [2.24, 2.45) is 0 Å². The number of esters is 1. The molecular formula is C27H26FNO5P+. The van der Waals surface area contributed by atoms with Crippen LogP contribution in [-0.4, -0.2) is 33.2 Å². The molecular weight excluding hydrogens is 468 g/mol. The molecule has 0 amide bonds. The molecule has 2 N–H and O–H groups in total. The Morgan fingerprint density at radius 1 is 1.11 bits per heavy atom. The van der Waals surface area contributed by atoms with Crippen LogP contribution < -0.4 is 0 Å². The Morgan fingerprint density at radius 3 is 2.37 bits per heavy atom. The fourth-order valence-corrected chi connectivity index (χ4v) is 3.93. The maximum absolute atomic E-state index is 13.6. The highest BCUT2D eigenvalue weighted by atomic mass is 31.1. The molecule has 35 heavy (non-hydrogen) atoms. The smallest absolute Gasteiger partial charge is 0.388 e. The summed E-state index contributed by atoms with van der Waals surface area (Å²) in [6, 6.07) is 17.5. The van der Waals surface area contributed by atoms with Gasteiger partial charge in [-0.3, -0.25) is 9.78 Å². The van der Waals surface area contributed by atoms with Crippen LogP contribution in [-0.2, 0) is 19.5 Å². The third kappa shape index (κ3) is 7.27. The summed E-state index contributed by atoms with van der Waals surface area (Å²) in [7, 11) is -2.57. The van der Waals surface area contributed by atoms with Crippen molar-refractivity contribution in [1.29, 1.82) is 0 Å². The molecule has 1 heterocycles. The van der Waals surface area contributed by atoms with E-state index in [1.54, 1.807) is 12.1 Å². The lowest BCUT2D eigenvalue weighted by Crippen LogP contribution is -2.18. The van der Waals surface area contributed by atoms with Gasteiger partial charge in [0.25, 0.3) is 0 Å². The molecule has 6 nitrogen and oxygen atoms in total. The Labute approximate surface area is 204 Å². The number of hydrogen-bond acceptors (Lipinski definition) is 5. The normalized spacial score (nSPS) is 12.3. The molecule has 8 heteroatoms. The Hall–Kier alpha value is -3.43. The lowest BCUT2D eigenvalue weighted by molar-refractivity contribution is -0.138. The van der Waals surface area contributed by atoms with Crippen molar-refractivity contribution >= 4 is 14.0 Å². The molecule has 2 unspecified atom stereocenters. The van der Waals surface area contributed by atoms with Gasteiger partial charge in [0.05, 0.1) is 23.4 Å². The number of nitrogens with zero attached hydrogens (tertiary/aromatic N) is 1.